The second-order valence-electron chi connectivity index (χ2n) is 26.7. The van der Waals surface area contributed by atoms with Crippen LogP contribution in [0.15, 0.2) is 255 Å². The molecule has 6 nitrogen and oxygen atoms in total. The largest absolute Gasteiger partial charge is 0.309 e. The van der Waals surface area contributed by atoms with Gasteiger partial charge in [-0.25, -0.2) is 15.0 Å². The van der Waals surface area contributed by atoms with Gasteiger partial charge >= 0.3 is 0 Å². The highest BCUT2D eigenvalue weighted by Crippen LogP contribution is 2.56. The molecule has 0 fully saturated rings. The average Bonchev–Trinajstić information content (AvgIpc) is 1.56. The first-order chi connectivity index (χ1) is 43.9. The molecule has 19 rings (SSSR count). The van der Waals surface area contributed by atoms with Gasteiger partial charge in [-0.2, -0.15) is 0 Å². The minimum atomic E-state index is -0.103. The van der Waals surface area contributed by atoms with Crippen molar-refractivity contribution in [1.29, 1.82) is 0 Å². The Morgan fingerprint density at radius 1 is 0.233 bits per heavy atom. The predicted molar refractivity (Wildman–Crippen MR) is 372 cm³/mol. The van der Waals surface area contributed by atoms with Gasteiger partial charge in [0.25, 0.3) is 0 Å². The zero-order valence-corrected chi connectivity index (χ0v) is 50.9. The number of para-hydroxylation sites is 3. The summed E-state index contributed by atoms with van der Waals surface area (Å²) in [5, 5.41) is 7.62. The van der Waals surface area contributed by atoms with Crippen molar-refractivity contribution >= 4 is 65.4 Å². The number of aromatic nitrogens is 6. The summed E-state index contributed by atoms with van der Waals surface area (Å²) in [6.07, 6.45) is 0. The summed E-state index contributed by atoms with van der Waals surface area (Å²) >= 11 is 0. The molecule has 0 amide bonds. The zero-order chi connectivity index (χ0) is 60.1. The number of rotatable bonds is 6. The Hall–Kier alpha value is -11.0. The molecule has 0 aliphatic heterocycles. The Labute approximate surface area is 521 Å². The molecule has 426 valence electrons. The summed E-state index contributed by atoms with van der Waals surface area (Å²) in [6, 6.07) is 93.9. The fraction of sp³-hybridized carbons (Fsp3) is 0.107. The van der Waals surface area contributed by atoms with Crippen molar-refractivity contribution in [1.82, 2.24) is 28.7 Å². The lowest BCUT2D eigenvalue weighted by Gasteiger charge is -2.21. The summed E-state index contributed by atoms with van der Waals surface area (Å²) in [7, 11) is 0. The van der Waals surface area contributed by atoms with E-state index < -0.39 is 0 Å². The van der Waals surface area contributed by atoms with E-state index >= 15 is 0 Å². The van der Waals surface area contributed by atoms with Gasteiger partial charge in [-0.15, -0.1) is 0 Å². The molecule has 3 aliphatic rings. The molecular weight excluding hydrogens is 1090 g/mol. The molecule has 12 aromatic carbocycles. The number of nitrogens with zero attached hydrogens (tertiary/aromatic N) is 6. The SMILES string of the molecule is CC1(C)c2ccccc2-c2c1ccc1c2c2ccccc2n1-c1ccc(-c2nc(-c3ccc(-n4c5ccccc5c5c6c(ccc54)C(C)(C)c4ccccc4-6)cc3)nc(-c3ccc(-n4c5ccccc5c5c6c(ccc54)C(C)(C)c4ccccc4-6)cc3)n2)cc1. The molecule has 0 unspecified atom stereocenters. The van der Waals surface area contributed by atoms with Crippen molar-refractivity contribution in [3.05, 3.63) is 288 Å². The molecule has 16 aromatic rings. The van der Waals surface area contributed by atoms with Crippen molar-refractivity contribution in [2.45, 2.75) is 57.8 Å². The van der Waals surface area contributed by atoms with E-state index in [9.17, 15) is 0 Å². The minimum Gasteiger partial charge on any atom is -0.309 e. The lowest BCUT2D eigenvalue weighted by molar-refractivity contribution is 0.660. The zero-order valence-electron chi connectivity index (χ0n) is 50.9. The lowest BCUT2D eigenvalue weighted by atomic mass is 9.82. The molecule has 3 aliphatic carbocycles. The van der Waals surface area contributed by atoms with Crippen molar-refractivity contribution in [2.75, 3.05) is 0 Å². The van der Waals surface area contributed by atoms with E-state index in [4.69, 9.17) is 15.0 Å². The van der Waals surface area contributed by atoms with Gasteiger partial charge in [0.1, 0.15) is 0 Å². The van der Waals surface area contributed by atoms with E-state index in [0.29, 0.717) is 17.5 Å². The molecule has 0 bridgehead atoms. The Kier molecular flexibility index (Phi) is 10.3. The maximum Gasteiger partial charge on any atom is 0.164 e. The van der Waals surface area contributed by atoms with Gasteiger partial charge in [0.2, 0.25) is 0 Å². The summed E-state index contributed by atoms with van der Waals surface area (Å²) in [5.41, 5.74) is 28.9. The predicted octanol–water partition coefficient (Wildman–Crippen LogP) is 21.1. The smallest absolute Gasteiger partial charge is 0.164 e. The Morgan fingerprint density at radius 3 is 0.778 bits per heavy atom. The minimum absolute atomic E-state index is 0.103. The van der Waals surface area contributed by atoms with Crippen LogP contribution in [0.4, 0.5) is 0 Å². The number of hydrogen-bond acceptors (Lipinski definition) is 3. The molecular formula is C84H60N6. The van der Waals surface area contributed by atoms with Gasteiger partial charge in [-0.05, 0) is 176 Å². The van der Waals surface area contributed by atoms with E-state index in [2.05, 4.69) is 310 Å². The number of benzene rings is 12. The van der Waals surface area contributed by atoms with Gasteiger partial charge in [0.15, 0.2) is 17.5 Å². The maximum atomic E-state index is 5.37. The van der Waals surface area contributed by atoms with Gasteiger partial charge < -0.3 is 13.7 Å². The lowest BCUT2D eigenvalue weighted by Crippen LogP contribution is -2.14. The normalized spacial score (nSPS) is 14.6. The molecule has 0 N–H and O–H groups in total. The standard InChI is InChI=1S/C84H60N6/c1-82(2)61-25-13-7-19-55(61)73-64(82)43-46-70-76(73)58-22-10-16-28-67(58)88(70)52-37-31-49(32-38-52)79-85-80(50-33-39-53(40-34-50)89-68-29-17-11-23-59(68)77-71(89)47-44-65-74(77)56-20-8-14-26-62(56)83(65,3)4)87-81(86-79)51-35-41-54(42-36-51)90-69-30-18-12-24-60(69)78-72(90)48-45-66-75(78)57-21-9-15-27-63(57)84(66,5)6/h7-48H,1-6H3. The number of hydrogen-bond donors (Lipinski definition) is 0. The van der Waals surface area contributed by atoms with Crippen molar-refractivity contribution in [2.24, 2.45) is 0 Å². The van der Waals surface area contributed by atoms with Crippen LogP contribution in [-0.4, -0.2) is 28.7 Å². The van der Waals surface area contributed by atoms with Crippen LogP contribution >= 0.6 is 0 Å². The van der Waals surface area contributed by atoms with Gasteiger partial charge in [0, 0.05) is 82.3 Å². The first kappa shape index (κ1) is 51.1. The third kappa shape index (κ3) is 6.80. The van der Waals surface area contributed by atoms with Crippen LogP contribution in [0, 0.1) is 0 Å². The maximum absolute atomic E-state index is 5.37. The molecule has 4 aromatic heterocycles. The Balaban J connectivity index is 0.751. The third-order valence-electron chi connectivity index (χ3n) is 20.9. The summed E-state index contributed by atoms with van der Waals surface area (Å²) in [5.74, 6) is 1.81. The Morgan fingerprint density at radius 2 is 0.489 bits per heavy atom. The first-order valence-corrected chi connectivity index (χ1v) is 31.5. The molecule has 90 heavy (non-hydrogen) atoms. The van der Waals surface area contributed by atoms with E-state index in [1.165, 1.54) is 132 Å². The molecule has 4 heterocycles. The molecule has 0 saturated carbocycles. The van der Waals surface area contributed by atoms with Crippen LogP contribution in [0.2, 0.25) is 0 Å². The fourth-order valence-corrected chi connectivity index (χ4v) is 16.6. The van der Waals surface area contributed by atoms with Crippen LogP contribution in [0.5, 0.6) is 0 Å². The van der Waals surface area contributed by atoms with Crippen molar-refractivity contribution < 1.29 is 0 Å². The van der Waals surface area contributed by atoms with Crippen LogP contribution in [0.25, 0.3) is 150 Å². The summed E-state index contributed by atoms with van der Waals surface area (Å²) in [6.45, 7) is 14.1. The van der Waals surface area contributed by atoms with Crippen LogP contribution < -0.4 is 0 Å². The molecule has 6 heteroatoms. The average molecular weight is 1150 g/mol. The topological polar surface area (TPSA) is 53.5 Å². The second kappa shape index (κ2) is 18.1. The third-order valence-corrected chi connectivity index (χ3v) is 20.9. The highest BCUT2D eigenvalue weighted by Gasteiger charge is 2.40. The van der Waals surface area contributed by atoms with E-state index in [1.807, 2.05) is 0 Å². The molecule has 0 radical (unpaired) electrons. The molecule has 0 saturated heterocycles. The second-order valence-corrected chi connectivity index (χ2v) is 26.7. The van der Waals surface area contributed by atoms with Crippen molar-refractivity contribution in [3.63, 3.8) is 0 Å². The van der Waals surface area contributed by atoms with E-state index in [1.54, 1.807) is 0 Å². The quantitative estimate of drug-likeness (QED) is 0.167. The highest BCUT2D eigenvalue weighted by molar-refractivity contribution is 6.20. The van der Waals surface area contributed by atoms with E-state index in [0.717, 1.165) is 33.8 Å². The van der Waals surface area contributed by atoms with Crippen LogP contribution in [0.1, 0.15) is 74.9 Å². The van der Waals surface area contributed by atoms with Crippen LogP contribution in [-0.2, 0) is 16.2 Å². The number of fused-ring (bicyclic) bond motifs is 21. The van der Waals surface area contributed by atoms with Crippen molar-refractivity contribution in [3.8, 4) is 84.6 Å². The van der Waals surface area contributed by atoms with Gasteiger partial charge in [-0.3, -0.25) is 0 Å². The monoisotopic (exact) mass is 1150 g/mol. The highest BCUT2D eigenvalue weighted by atomic mass is 15.0. The molecule has 0 spiro atoms. The van der Waals surface area contributed by atoms with Crippen LogP contribution in [0.3, 0.4) is 0 Å². The van der Waals surface area contributed by atoms with Gasteiger partial charge in [-0.1, -0.05) is 187 Å². The fourth-order valence-electron chi connectivity index (χ4n) is 16.6. The molecule has 0 atom stereocenters. The van der Waals surface area contributed by atoms with E-state index in [-0.39, 0.29) is 16.2 Å². The summed E-state index contributed by atoms with van der Waals surface area (Å²) in [4.78, 5) is 16.1. The van der Waals surface area contributed by atoms with Gasteiger partial charge in [0.05, 0.1) is 33.1 Å². The first-order valence-electron chi connectivity index (χ1n) is 31.5. The summed E-state index contributed by atoms with van der Waals surface area (Å²) < 4.78 is 7.26. The Bertz CT molecular complexity index is 5210.